The van der Waals surface area contributed by atoms with E-state index in [4.69, 9.17) is 10.2 Å². The predicted octanol–water partition coefficient (Wildman–Crippen LogP) is 2.40. The lowest BCUT2D eigenvalue weighted by atomic mass is 9.92. The maximum Gasteiger partial charge on any atom is 0.307 e. The Morgan fingerprint density at radius 3 is 2.05 bits per heavy atom. The van der Waals surface area contributed by atoms with Crippen molar-refractivity contribution < 1.29 is 19.8 Å². The monoisotopic (exact) mass is 258 g/mol. The zero-order valence-electron chi connectivity index (χ0n) is 10.5. The SMILES string of the molecule is Cc1c(CC(=O)O)cc(CC(=O)O)c2ccccc12. The van der Waals surface area contributed by atoms with Crippen LogP contribution in [0.15, 0.2) is 30.3 Å². The second-order valence-corrected chi connectivity index (χ2v) is 4.51. The van der Waals surface area contributed by atoms with Crippen LogP contribution in [0.1, 0.15) is 16.7 Å². The number of aryl methyl sites for hydroxylation is 1. The van der Waals surface area contributed by atoms with E-state index in [0.29, 0.717) is 11.1 Å². The summed E-state index contributed by atoms with van der Waals surface area (Å²) in [7, 11) is 0. The number of benzene rings is 2. The molecule has 0 aliphatic heterocycles. The smallest absolute Gasteiger partial charge is 0.307 e. The molecule has 0 bridgehead atoms. The number of rotatable bonds is 4. The van der Waals surface area contributed by atoms with Gasteiger partial charge in [-0.15, -0.1) is 0 Å². The largest absolute Gasteiger partial charge is 0.481 e. The van der Waals surface area contributed by atoms with Gasteiger partial charge >= 0.3 is 11.9 Å². The zero-order chi connectivity index (χ0) is 14.0. The van der Waals surface area contributed by atoms with Gasteiger partial charge in [-0.25, -0.2) is 0 Å². The van der Waals surface area contributed by atoms with Crippen LogP contribution in [0.25, 0.3) is 10.8 Å². The summed E-state index contributed by atoms with van der Waals surface area (Å²) >= 11 is 0. The van der Waals surface area contributed by atoms with Crippen molar-refractivity contribution in [3.8, 4) is 0 Å². The van der Waals surface area contributed by atoms with Gasteiger partial charge in [0.05, 0.1) is 12.8 Å². The van der Waals surface area contributed by atoms with Crippen LogP contribution in [-0.2, 0) is 22.4 Å². The summed E-state index contributed by atoms with van der Waals surface area (Å²) in [5, 5.41) is 19.7. The van der Waals surface area contributed by atoms with E-state index in [1.54, 1.807) is 6.07 Å². The van der Waals surface area contributed by atoms with Gasteiger partial charge in [-0.05, 0) is 34.4 Å². The summed E-state index contributed by atoms with van der Waals surface area (Å²) in [6.07, 6.45) is -0.198. The van der Waals surface area contributed by atoms with Crippen molar-refractivity contribution >= 4 is 22.7 Å². The minimum Gasteiger partial charge on any atom is -0.481 e. The Morgan fingerprint density at radius 1 is 0.947 bits per heavy atom. The molecule has 4 heteroatoms. The molecule has 0 aromatic heterocycles. The highest BCUT2D eigenvalue weighted by atomic mass is 16.4. The highest BCUT2D eigenvalue weighted by Crippen LogP contribution is 2.26. The number of carbonyl (C=O) groups is 2. The van der Waals surface area contributed by atoms with Gasteiger partial charge in [0, 0.05) is 0 Å². The van der Waals surface area contributed by atoms with E-state index in [1.807, 2.05) is 31.2 Å². The number of aliphatic carboxylic acids is 2. The summed E-state index contributed by atoms with van der Waals surface area (Å²) in [6, 6.07) is 9.17. The Balaban J connectivity index is 2.68. The van der Waals surface area contributed by atoms with Crippen molar-refractivity contribution in [2.75, 3.05) is 0 Å². The van der Waals surface area contributed by atoms with Gasteiger partial charge in [-0.1, -0.05) is 30.3 Å². The predicted molar refractivity (Wildman–Crippen MR) is 71.4 cm³/mol. The first kappa shape index (κ1) is 13.1. The molecule has 2 rings (SSSR count). The summed E-state index contributed by atoms with van der Waals surface area (Å²) < 4.78 is 0. The fourth-order valence-electron chi connectivity index (χ4n) is 2.32. The molecule has 0 atom stereocenters. The first-order valence-corrected chi connectivity index (χ1v) is 5.92. The highest BCUT2D eigenvalue weighted by molar-refractivity contribution is 5.92. The lowest BCUT2D eigenvalue weighted by molar-refractivity contribution is -0.137. The van der Waals surface area contributed by atoms with E-state index in [9.17, 15) is 9.59 Å². The Morgan fingerprint density at radius 2 is 1.47 bits per heavy atom. The molecule has 2 N–H and O–H groups in total. The lowest BCUT2D eigenvalue weighted by Crippen LogP contribution is -2.06. The maximum atomic E-state index is 10.9. The molecule has 0 aliphatic rings. The standard InChI is InChI=1S/C15H14O4/c1-9-10(7-14(16)17)6-11(8-15(18)19)13-5-3-2-4-12(9)13/h2-6H,7-8H2,1H3,(H,16,17)(H,18,19). The molecule has 0 heterocycles. The second-order valence-electron chi connectivity index (χ2n) is 4.51. The number of hydrogen-bond donors (Lipinski definition) is 2. The van der Waals surface area contributed by atoms with Crippen LogP contribution in [-0.4, -0.2) is 22.2 Å². The Kier molecular flexibility index (Phi) is 3.51. The molecule has 4 nitrogen and oxygen atoms in total. The fourth-order valence-corrected chi connectivity index (χ4v) is 2.32. The van der Waals surface area contributed by atoms with Crippen LogP contribution in [0.3, 0.4) is 0 Å². The van der Waals surface area contributed by atoms with Gasteiger partial charge in [-0.2, -0.15) is 0 Å². The number of carboxylic acid groups (broad SMARTS) is 2. The summed E-state index contributed by atoms with van der Waals surface area (Å²) in [4.78, 5) is 21.8. The normalized spacial score (nSPS) is 10.6. The average Bonchev–Trinajstić information content (AvgIpc) is 2.34. The molecule has 0 aliphatic carbocycles. The van der Waals surface area contributed by atoms with Gasteiger partial charge in [0.2, 0.25) is 0 Å². The summed E-state index contributed by atoms with van der Waals surface area (Å²) in [5.41, 5.74) is 2.22. The third-order valence-corrected chi connectivity index (χ3v) is 3.19. The Bertz CT molecular complexity index is 658. The van der Waals surface area contributed by atoms with Crippen LogP contribution in [0.4, 0.5) is 0 Å². The summed E-state index contributed by atoms with van der Waals surface area (Å²) in [6.45, 7) is 1.87. The molecule has 0 unspecified atom stereocenters. The molecule has 0 saturated heterocycles. The van der Waals surface area contributed by atoms with Crippen molar-refractivity contribution in [2.24, 2.45) is 0 Å². The molecule has 2 aromatic rings. The van der Waals surface area contributed by atoms with Gasteiger partial charge in [0.1, 0.15) is 0 Å². The van der Waals surface area contributed by atoms with Crippen LogP contribution >= 0.6 is 0 Å². The second kappa shape index (κ2) is 5.10. The summed E-state index contributed by atoms with van der Waals surface area (Å²) in [5.74, 6) is -1.84. The van der Waals surface area contributed by atoms with E-state index < -0.39 is 11.9 Å². The third kappa shape index (κ3) is 2.73. The quantitative estimate of drug-likeness (QED) is 0.883. The first-order valence-electron chi connectivity index (χ1n) is 5.92. The van der Waals surface area contributed by atoms with Crippen LogP contribution in [0, 0.1) is 6.92 Å². The number of fused-ring (bicyclic) bond motifs is 1. The van der Waals surface area contributed by atoms with Crippen LogP contribution in [0.5, 0.6) is 0 Å². The zero-order valence-corrected chi connectivity index (χ0v) is 10.5. The topological polar surface area (TPSA) is 74.6 Å². The molecular formula is C15H14O4. The van der Waals surface area contributed by atoms with Crippen molar-refractivity contribution in [1.82, 2.24) is 0 Å². The van der Waals surface area contributed by atoms with E-state index in [-0.39, 0.29) is 12.8 Å². The Hall–Kier alpha value is -2.36. The number of carboxylic acids is 2. The van der Waals surface area contributed by atoms with Crippen molar-refractivity contribution in [2.45, 2.75) is 19.8 Å². The molecule has 19 heavy (non-hydrogen) atoms. The molecule has 2 aromatic carbocycles. The van der Waals surface area contributed by atoms with Gasteiger partial charge in [-0.3, -0.25) is 9.59 Å². The lowest BCUT2D eigenvalue weighted by Gasteiger charge is -2.12. The van der Waals surface area contributed by atoms with Crippen LogP contribution in [0.2, 0.25) is 0 Å². The van der Waals surface area contributed by atoms with Gasteiger partial charge < -0.3 is 10.2 Å². The molecule has 0 spiro atoms. The average molecular weight is 258 g/mol. The molecule has 0 fully saturated rings. The molecule has 98 valence electrons. The molecule has 0 amide bonds. The van der Waals surface area contributed by atoms with E-state index in [1.165, 1.54) is 0 Å². The van der Waals surface area contributed by atoms with Gasteiger partial charge in [0.25, 0.3) is 0 Å². The van der Waals surface area contributed by atoms with E-state index in [0.717, 1.165) is 16.3 Å². The van der Waals surface area contributed by atoms with Crippen molar-refractivity contribution in [3.63, 3.8) is 0 Å². The maximum absolute atomic E-state index is 10.9. The molecule has 0 saturated carbocycles. The molecular weight excluding hydrogens is 244 g/mol. The fraction of sp³-hybridized carbons (Fsp3) is 0.200. The minimum atomic E-state index is -0.921. The Labute approximate surface area is 110 Å². The van der Waals surface area contributed by atoms with Crippen molar-refractivity contribution in [1.29, 1.82) is 0 Å². The minimum absolute atomic E-state index is 0.0940. The number of hydrogen-bond acceptors (Lipinski definition) is 2. The highest BCUT2D eigenvalue weighted by Gasteiger charge is 2.13. The van der Waals surface area contributed by atoms with E-state index in [2.05, 4.69) is 0 Å². The van der Waals surface area contributed by atoms with Crippen molar-refractivity contribution in [3.05, 3.63) is 47.0 Å². The van der Waals surface area contributed by atoms with E-state index >= 15 is 0 Å². The first-order chi connectivity index (χ1) is 8.99. The molecule has 0 radical (unpaired) electrons. The van der Waals surface area contributed by atoms with Gasteiger partial charge in [0.15, 0.2) is 0 Å². The third-order valence-electron chi connectivity index (χ3n) is 3.19. The van der Waals surface area contributed by atoms with Crippen LogP contribution < -0.4 is 0 Å².